The first-order chi connectivity index (χ1) is 9.76. The number of hydrogen-bond donors (Lipinski definition) is 1. The largest absolute Gasteiger partial charge is 0.361 e. The first-order valence-electron chi connectivity index (χ1n) is 6.56. The van der Waals surface area contributed by atoms with Gasteiger partial charge < -0.3 is 9.88 Å². The molecule has 0 spiro atoms. The fourth-order valence-corrected chi connectivity index (χ4v) is 3.19. The van der Waals surface area contributed by atoms with Gasteiger partial charge in [0.05, 0.1) is 6.54 Å². The second kappa shape index (κ2) is 4.94. The Hall–Kier alpha value is -2.39. The van der Waals surface area contributed by atoms with Gasteiger partial charge in [0.15, 0.2) is 0 Å². The highest BCUT2D eigenvalue weighted by Crippen LogP contribution is 2.38. The molecule has 1 heterocycles. The van der Waals surface area contributed by atoms with Crippen LogP contribution in [0.5, 0.6) is 0 Å². The number of carbonyl (C=O) groups is 1. The first-order valence-corrected chi connectivity index (χ1v) is 6.56. The van der Waals surface area contributed by atoms with E-state index in [9.17, 15) is 9.59 Å². The molecule has 1 aromatic carbocycles. The van der Waals surface area contributed by atoms with Crippen LogP contribution in [0.15, 0.2) is 29.4 Å². The van der Waals surface area contributed by atoms with Crippen molar-refractivity contribution in [3.8, 4) is 0 Å². The maximum Gasteiger partial charge on any atom is 0.234 e. The highest BCUT2D eigenvalue weighted by atomic mass is 16.1. The first kappa shape index (κ1) is 12.6. The second-order valence-electron chi connectivity index (χ2n) is 5.16. The molecule has 2 atom stereocenters. The van der Waals surface area contributed by atoms with Crippen molar-refractivity contribution in [1.82, 2.24) is 9.88 Å². The van der Waals surface area contributed by atoms with E-state index >= 15 is 0 Å². The molecule has 0 fully saturated rings. The van der Waals surface area contributed by atoms with Crippen molar-refractivity contribution in [3.63, 3.8) is 0 Å². The van der Waals surface area contributed by atoms with E-state index in [1.54, 1.807) is 18.0 Å². The zero-order valence-corrected chi connectivity index (χ0v) is 11.2. The van der Waals surface area contributed by atoms with Gasteiger partial charge in [0, 0.05) is 36.1 Å². The Labute approximate surface area is 116 Å². The van der Waals surface area contributed by atoms with Crippen molar-refractivity contribution < 1.29 is 9.59 Å². The van der Waals surface area contributed by atoms with Crippen LogP contribution >= 0.6 is 0 Å². The van der Waals surface area contributed by atoms with Crippen LogP contribution < -0.4 is 0 Å². The lowest BCUT2D eigenvalue weighted by molar-refractivity contribution is -0.119. The molecule has 0 aliphatic heterocycles. The molecule has 1 aliphatic carbocycles. The summed E-state index contributed by atoms with van der Waals surface area (Å²) in [6.45, 7) is 0.357. The number of aromatic nitrogens is 1. The number of isocyanates is 1. The predicted molar refractivity (Wildman–Crippen MR) is 75.3 cm³/mol. The molecular formula is C15H15N3O2. The lowest BCUT2D eigenvalue weighted by Gasteiger charge is -2.35. The number of carbonyl (C=O) groups excluding carboxylic acids is 2. The molecule has 0 unspecified atom stereocenters. The summed E-state index contributed by atoms with van der Waals surface area (Å²) in [7, 11) is 1.77. The number of aromatic amines is 1. The number of hydrogen-bond acceptors (Lipinski definition) is 3. The van der Waals surface area contributed by atoms with Crippen LogP contribution in [0.2, 0.25) is 0 Å². The standard InChI is InChI=1S/C15H15N3O2/c1-18(9-20)14-5-10-6-17-13-4-2-3-11(15(10)13)12(14)7-16-8-19/h2-4,6,9,12,14,17H,5,7H2,1H3/t12-,14-/m1/s1. The van der Waals surface area contributed by atoms with Crippen LogP contribution in [0.1, 0.15) is 17.0 Å². The van der Waals surface area contributed by atoms with Gasteiger partial charge in [-0.05, 0) is 23.6 Å². The maximum atomic E-state index is 11.1. The molecule has 1 amide bonds. The normalized spacial score (nSPS) is 20.4. The van der Waals surface area contributed by atoms with Crippen LogP contribution in [-0.4, -0.2) is 42.0 Å². The number of nitrogens with zero attached hydrogens (tertiary/aromatic N) is 2. The number of aliphatic imine (C=N–C) groups is 1. The molecule has 2 aromatic rings. The Morgan fingerprint density at radius 3 is 3.15 bits per heavy atom. The Kier molecular flexibility index (Phi) is 3.12. The summed E-state index contributed by atoms with van der Waals surface area (Å²) in [5.41, 5.74) is 3.44. The molecule has 20 heavy (non-hydrogen) atoms. The van der Waals surface area contributed by atoms with Gasteiger partial charge in [0.25, 0.3) is 0 Å². The number of likely N-dealkylation sites (N-methyl/N-ethyl adjacent to an activating group) is 1. The molecule has 3 rings (SSSR count). The molecule has 5 nitrogen and oxygen atoms in total. The third-order valence-corrected chi connectivity index (χ3v) is 4.15. The summed E-state index contributed by atoms with van der Waals surface area (Å²) in [5, 5.41) is 1.20. The Morgan fingerprint density at radius 1 is 1.55 bits per heavy atom. The molecule has 0 radical (unpaired) electrons. The molecule has 102 valence electrons. The summed E-state index contributed by atoms with van der Waals surface area (Å²) in [5.74, 6) is 0.0265. The lowest BCUT2D eigenvalue weighted by atomic mass is 9.79. The minimum absolute atomic E-state index is 0.0125. The molecular weight excluding hydrogens is 254 g/mol. The quantitative estimate of drug-likeness (QED) is 0.520. The minimum atomic E-state index is 0.0125. The average Bonchev–Trinajstić information content (AvgIpc) is 2.90. The smallest absolute Gasteiger partial charge is 0.234 e. The Morgan fingerprint density at radius 2 is 2.40 bits per heavy atom. The molecule has 5 heteroatoms. The summed E-state index contributed by atoms with van der Waals surface area (Å²) >= 11 is 0. The topological polar surface area (TPSA) is 65.5 Å². The summed E-state index contributed by atoms with van der Waals surface area (Å²) in [6.07, 6.45) is 5.20. The van der Waals surface area contributed by atoms with Gasteiger partial charge in [-0.2, -0.15) is 0 Å². The van der Waals surface area contributed by atoms with E-state index in [4.69, 9.17) is 0 Å². The van der Waals surface area contributed by atoms with Gasteiger partial charge in [-0.25, -0.2) is 9.79 Å². The summed E-state index contributed by atoms with van der Waals surface area (Å²) in [6, 6.07) is 6.08. The third kappa shape index (κ3) is 1.84. The van der Waals surface area contributed by atoms with E-state index in [1.807, 2.05) is 18.3 Å². The molecule has 0 saturated heterocycles. The lowest BCUT2D eigenvalue weighted by Crippen LogP contribution is -2.40. The number of H-pyrrole nitrogens is 1. The van der Waals surface area contributed by atoms with E-state index < -0.39 is 0 Å². The van der Waals surface area contributed by atoms with Crippen LogP contribution in [0.3, 0.4) is 0 Å². The fraction of sp³-hybridized carbons (Fsp3) is 0.333. The third-order valence-electron chi connectivity index (χ3n) is 4.15. The highest BCUT2D eigenvalue weighted by molar-refractivity contribution is 5.88. The van der Waals surface area contributed by atoms with Gasteiger partial charge in [0.2, 0.25) is 12.5 Å². The van der Waals surface area contributed by atoms with E-state index in [0.29, 0.717) is 6.54 Å². The van der Waals surface area contributed by atoms with Crippen LogP contribution in [-0.2, 0) is 16.0 Å². The van der Waals surface area contributed by atoms with E-state index in [0.717, 1.165) is 23.9 Å². The second-order valence-corrected chi connectivity index (χ2v) is 5.16. The van der Waals surface area contributed by atoms with Crippen LogP contribution in [0.4, 0.5) is 0 Å². The number of rotatable bonds is 4. The van der Waals surface area contributed by atoms with Crippen LogP contribution in [0.25, 0.3) is 10.9 Å². The van der Waals surface area contributed by atoms with Crippen molar-refractivity contribution in [1.29, 1.82) is 0 Å². The average molecular weight is 269 g/mol. The maximum absolute atomic E-state index is 11.1. The number of amides is 1. The predicted octanol–water partition coefficient (Wildman–Crippen LogP) is 1.60. The highest BCUT2D eigenvalue weighted by Gasteiger charge is 2.33. The fourth-order valence-electron chi connectivity index (χ4n) is 3.19. The minimum Gasteiger partial charge on any atom is -0.361 e. The van der Waals surface area contributed by atoms with E-state index in [1.165, 1.54) is 10.9 Å². The van der Waals surface area contributed by atoms with E-state index in [-0.39, 0.29) is 12.0 Å². The molecule has 1 aromatic heterocycles. The van der Waals surface area contributed by atoms with Crippen molar-refractivity contribution in [2.75, 3.05) is 13.6 Å². The van der Waals surface area contributed by atoms with Crippen molar-refractivity contribution in [2.24, 2.45) is 4.99 Å². The van der Waals surface area contributed by atoms with Gasteiger partial charge in [-0.1, -0.05) is 12.1 Å². The zero-order valence-electron chi connectivity index (χ0n) is 11.2. The van der Waals surface area contributed by atoms with Gasteiger partial charge >= 0.3 is 0 Å². The van der Waals surface area contributed by atoms with Gasteiger partial charge in [-0.3, -0.25) is 4.79 Å². The monoisotopic (exact) mass is 269 g/mol. The van der Waals surface area contributed by atoms with Crippen molar-refractivity contribution in [3.05, 3.63) is 35.5 Å². The van der Waals surface area contributed by atoms with E-state index in [2.05, 4.69) is 16.0 Å². The zero-order chi connectivity index (χ0) is 14.1. The molecule has 0 bridgehead atoms. The van der Waals surface area contributed by atoms with Gasteiger partial charge in [-0.15, -0.1) is 0 Å². The van der Waals surface area contributed by atoms with Crippen molar-refractivity contribution in [2.45, 2.75) is 18.4 Å². The van der Waals surface area contributed by atoms with Crippen LogP contribution in [0, 0.1) is 0 Å². The molecule has 1 N–H and O–H groups in total. The Bertz CT molecular complexity index is 700. The summed E-state index contributed by atoms with van der Waals surface area (Å²) in [4.78, 5) is 30.3. The number of benzene rings is 1. The molecule has 0 saturated carbocycles. The van der Waals surface area contributed by atoms with Crippen molar-refractivity contribution >= 4 is 23.4 Å². The number of nitrogens with one attached hydrogen (secondary N) is 1. The Balaban J connectivity index is 2.14. The SMILES string of the molecule is CN(C=O)[C@@H]1Cc2c[nH]c3cccc(c23)[C@H]1CN=C=O. The molecule has 1 aliphatic rings. The summed E-state index contributed by atoms with van der Waals surface area (Å²) < 4.78 is 0. The van der Waals surface area contributed by atoms with Gasteiger partial charge in [0.1, 0.15) is 0 Å².